The van der Waals surface area contributed by atoms with E-state index in [0.29, 0.717) is 28.7 Å². The molecule has 0 aliphatic heterocycles. The summed E-state index contributed by atoms with van der Waals surface area (Å²) in [4.78, 5) is 8.27. The van der Waals surface area contributed by atoms with Gasteiger partial charge in [0.05, 0.1) is 5.56 Å². The highest BCUT2D eigenvalue weighted by atomic mass is 19.1. The molecular formula is C13H12FN5. The average molecular weight is 257 g/mol. The van der Waals surface area contributed by atoms with E-state index in [9.17, 15) is 4.39 Å². The molecule has 5 nitrogen and oxygen atoms in total. The second kappa shape index (κ2) is 4.90. The number of rotatable bonds is 2. The van der Waals surface area contributed by atoms with Crippen LogP contribution in [0.4, 0.5) is 21.7 Å². The van der Waals surface area contributed by atoms with Gasteiger partial charge in [0, 0.05) is 11.3 Å². The van der Waals surface area contributed by atoms with Crippen molar-refractivity contribution >= 4 is 17.3 Å². The molecule has 0 radical (unpaired) electrons. The van der Waals surface area contributed by atoms with Crippen LogP contribution in [0.2, 0.25) is 0 Å². The largest absolute Gasteiger partial charge is 0.383 e. The summed E-state index contributed by atoms with van der Waals surface area (Å²) >= 11 is 0. The number of halogens is 1. The van der Waals surface area contributed by atoms with Crippen LogP contribution in [-0.4, -0.2) is 9.97 Å². The van der Waals surface area contributed by atoms with E-state index in [-0.39, 0.29) is 5.56 Å². The summed E-state index contributed by atoms with van der Waals surface area (Å²) in [6, 6.07) is 5.97. The molecule has 96 valence electrons. The minimum Gasteiger partial charge on any atom is -0.383 e. The van der Waals surface area contributed by atoms with Gasteiger partial charge < -0.3 is 11.1 Å². The maximum absolute atomic E-state index is 13.2. The first kappa shape index (κ1) is 12.8. The molecule has 3 N–H and O–H groups in total. The number of hydrogen-bond donors (Lipinski definition) is 2. The molecule has 1 heterocycles. The Bertz CT molecular complexity index is 675. The maximum atomic E-state index is 13.2. The van der Waals surface area contributed by atoms with Gasteiger partial charge >= 0.3 is 0 Å². The summed E-state index contributed by atoms with van der Waals surface area (Å²) < 4.78 is 13.2. The molecule has 0 spiro atoms. The summed E-state index contributed by atoms with van der Waals surface area (Å²) in [6.07, 6.45) is 0. The molecule has 6 heteroatoms. The number of nitriles is 1. The number of aromatic nitrogens is 2. The summed E-state index contributed by atoms with van der Waals surface area (Å²) in [5.41, 5.74) is 7.00. The maximum Gasteiger partial charge on any atom is 0.141 e. The molecule has 0 fully saturated rings. The van der Waals surface area contributed by atoms with Crippen molar-refractivity contribution in [2.24, 2.45) is 0 Å². The van der Waals surface area contributed by atoms with Gasteiger partial charge in [-0.05, 0) is 32.0 Å². The third-order valence-electron chi connectivity index (χ3n) is 2.64. The average Bonchev–Trinajstić information content (AvgIpc) is 2.37. The van der Waals surface area contributed by atoms with Gasteiger partial charge in [0.25, 0.3) is 0 Å². The van der Waals surface area contributed by atoms with Crippen molar-refractivity contribution in [2.75, 3.05) is 11.1 Å². The zero-order chi connectivity index (χ0) is 14.0. The Kier molecular flexibility index (Phi) is 3.29. The van der Waals surface area contributed by atoms with Gasteiger partial charge in [0.1, 0.15) is 29.3 Å². The predicted octanol–water partition coefficient (Wildman–Crippen LogP) is 2.43. The molecule has 0 aliphatic carbocycles. The van der Waals surface area contributed by atoms with Crippen LogP contribution >= 0.6 is 0 Å². The number of benzene rings is 1. The second-order valence-corrected chi connectivity index (χ2v) is 4.06. The fourth-order valence-corrected chi connectivity index (χ4v) is 1.60. The van der Waals surface area contributed by atoms with Crippen molar-refractivity contribution < 1.29 is 4.39 Å². The molecular weight excluding hydrogens is 245 g/mol. The highest BCUT2D eigenvalue weighted by Crippen LogP contribution is 2.23. The van der Waals surface area contributed by atoms with E-state index in [2.05, 4.69) is 15.3 Å². The van der Waals surface area contributed by atoms with Crippen LogP contribution in [0, 0.1) is 31.0 Å². The van der Waals surface area contributed by atoms with E-state index in [1.807, 2.05) is 0 Å². The third kappa shape index (κ3) is 2.60. The lowest BCUT2D eigenvalue weighted by Gasteiger charge is -2.11. The van der Waals surface area contributed by atoms with Crippen LogP contribution in [0.15, 0.2) is 18.2 Å². The SMILES string of the molecule is Cc1nc(N)c(C)c(Nc2ccc(F)c(C#N)c2)n1. The minimum atomic E-state index is -0.553. The summed E-state index contributed by atoms with van der Waals surface area (Å²) in [5, 5.41) is 11.8. The first-order valence-corrected chi connectivity index (χ1v) is 5.58. The van der Waals surface area contributed by atoms with E-state index >= 15 is 0 Å². The van der Waals surface area contributed by atoms with Crippen molar-refractivity contribution in [2.45, 2.75) is 13.8 Å². The highest BCUT2D eigenvalue weighted by molar-refractivity contribution is 5.64. The molecule has 0 saturated carbocycles. The monoisotopic (exact) mass is 257 g/mol. The highest BCUT2D eigenvalue weighted by Gasteiger charge is 2.08. The second-order valence-electron chi connectivity index (χ2n) is 4.06. The number of nitrogen functional groups attached to an aromatic ring is 1. The summed E-state index contributed by atoms with van der Waals surface area (Å²) in [6.45, 7) is 3.51. The molecule has 0 unspecified atom stereocenters. The molecule has 2 aromatic rings. The Hall–Kier alpha value is -2.68. The minimum absolute atomic E-state index is 0.0265. The molecule has 0 atom stereocenters. The van der Waals surface area contributed by atoms with Gasteiger partial charge in [-0.2, -0.15) is 5.26 Å². The lowest BCUT2D eigenvalue weighted by molar-refractivity contribution is 0.624. The van der Waals surface area contributed by atoms with E-state index in [4.69, 9.17) is 11.0 Å². The Morgan fingerprint density at radius 1 is 1.32 bits per heavy atom. The fourth-order valence-electron chi connectivity index (χ4n) is 1.60. The Morgan fingerprint density at radius 3 is 2.74 bits per heavy atom. The molecule has 0 saturated heterocycles. The van der Waals surface area contributed by atoms with Crippen molar-refractivity contribution in [1.29, 1.82) is 5.26 Å². The van der Waals surface area contributed by atoms with Crippen molar-refractivity contribution in [3.8, 4) is 6.07 Å². The zero-order valence-electron chi connectivity index (χ0n) is 10.5. The van der Waals surface area contributed by atoms with Crippen LogP contribution in [0.1, 0.15) is 17.0 Å². The molecule has 0 aliphatic rings. The number of hydrogen-bond acceptors (Lipinski definition) is 5. The van der Waals surface area contributed by atoms with Crippen molar-refractivity contribution in [1.82, 2.24) is 9.97 Å². The lowest BCUT2D eigenvalue weighted by atomic mass is 10.2. The standard InChI is InChI=1S/C13H12FN5/c1-7-12(16)17-8(2)18-13(7)19-10-3-4-11(14)9(5-10)6-15/h3-5H,1-2H3,(H3,16,17,18,19). The third-order valence-corrected chi connectivity index (χ3v) is 2.64. The van der Waals surface area contributed by atoms with Crippen molar-refractivity contribution in [3.05, 3.63) is 41.0 Å². The zero-order valence-corrected chi connectivity index (χ0v) is 10.5. The topological polar surface area (TPSA) is 87.6 Å². The number of nitrogens with two attached hydrogens (primary N) is 1. The van der Waals surface area contributed by atoms with Crippen LogP contribution in [-0.2, 0) is 0 Å². The van der Waals surface area contributed by atoms with E-state index < -0.39 is 5.82 Å². The van der Waals surface area contributed by atoms with E-state index in [1.165, 1.54) is 18.2 Å². The molecule has 2 rings (SSSR count). The molecule has 19 heavy (non-hydrogen) atoms. The van der Waals surface area contributed by atoms with Gasteiger partial charge in [-0.3, -0.25) is 0 Å². The fraction of sp³-hybridized carbons (Fsp3) is 0.154. The quantitative estimate of drug-likeness (QED) is 0.862. The van der Waals surface area contributed by atoms with Crippen LogP contribution in [0.3, 0.4) is 0 Å². The summed E-state index contributed by atoms with van der Waals surface area (Å²) in [5.74, 6) is 0.912. The molecule has 0 bridgehead atoms. The Morgan fingerprint density at radius 2 is 2.05 bits per heavy atom. The predicted molar refractivity (Wildman–Crippen MR) is 70.3 cm³/mol. The number of nitrogens with zero attached hydrogens (tertiary/aromatic N) is 3. The normalized spacial score (nSPS) is 10.0. The number of aryl methyl sites for hydroxylation is 1. The first-order chi connectivity index (χ1) is 9.01. The van der Waals surface area contributed by atoms with Gasteiger partial charge in [-0.1, -0.05) is 0 Å². The van der Waals surface area contributed by atoms with E-state index in [0.717, 1.165) is 0 Å². The molecule has 0 amide bonds. The number of anilines is 3. The van der Waals surface area contributed by atoms with Crippen LogP contribution in [0.25, 0.3) is 0 Å². The summed E-state index contributed by atoms with van der Waals surface area (Å²) in [7, 11) is 0. The van der Waals surface area contributed by atoms with Gasteiger partial charge in [0.2, 0.25) is 0 Å². The van der Waals surface area contributed by atoms with Gasteiger partial charge in [0.15, 0.2) is 0 Å². The molecule has 1 aromatic carbocycles. The van der Waals surface area contributed by atoms with Crippen LogP contribution in [0.5, 0.6) is 0 Å². The van der Waals surface area contributed by atoms with E-state index in [1.54, 1.807) is 19.9 Å². The Balaban J connectivity index is 2.39. The first-order valence-electron chi connectivity index (χ1n) is 5.58. The smallest absolute Gasteiger partial charge is 0.141 e. The Labute approximate surface area is 109 Å². The van der Waals surface area contributed by atoms with Crippen LogP contribution < -0.4 is 11.1 Å². The van der Waals surface area contributed by atoms with Crippen molar-refractivity contribution in [3.63, 3.8) is 0 Å². The lowest BCUT2D eigenvalue weighted by Crippen LogP contribution is -2.05. The molecule has 1 aromatic heterocycles. The van der Waals surface area contributed by atoms with Gasteiger partial charge in [-0.25, -0.2) is 14.4 Å². The number of nitrogens with one attached hydrogen (secondary N) is 1. The van der Waals surface area contributed by atoms with Gasteiger partial charge in [-0.15, -0.1) is 0 Å².